The van der Waals surface area contributed by atoms with Crippen LogP contribution in [-0.4, -0.2) is 36.9 Å². The van der Waals surface area contributed by atoms with E-state index in [1.54, 1.807) is 19.9 Å². The molecule has 0 heterocycles. The van der Waals surface area contributed by atoms with Gasteiger partial charge in [-0.3, -0.25) is 0 Å². The summed E-state index contributed by atoms with van der Waals surface area (Å²) in [5.74, 6) is -0.519. The van der Waals surface area contributed by atoms with E-state index >= 15 is 0 Å². The van der Waals surface area contributed by atoms with Gasteiger partial charge in [0, 0.05) is 24.8 Å². The van der Waals surface area contributed by atoms with Crippen LogP contribution in [0, 0.1) is 4.91 Å². The molecule has 7 heteroatoms. The van der Waals surface area contributed by atoms with Crippen molar-refractivity contribution in [3.05, 3.63) is 58.0 Å². The Bertz CT molecular complexity index is 962. The summed E-state index contributed by atoms with van der Waals surface area (Å²) in [6.07, 6.45) is -0.293. The van der Waals surface area contributed by atoms with Gasteiger partial charge in [-0.25, -0.2) is 4.79 Å². The molecular formula is C26H36N2O5. The maximum absolute atomic E-state index is 12.0. The number of hydrogen-bond acceptors (Lipinski definition) is 7. The second-order valence-corrected chi connectivity index (χ2v) is 9.26. The molecule has 0 fully saturated rings. The van der Waals surface area contributed by atoms with Crippen molar-refractivity contribution < 1.29 is 19.4 Å². The number of nitroso groups, excluding NO2 is 1. The summed E-state index contributed by atoms with van der Waals surface area (Å²) in [7, 11) is 0. The van der Waals surface area contributed by atoms with E-state index in [-0.39, 0.29) is 29.4 Å². The molecule has 0 aliphatic heterocycles. The molecule has 0 aromatic heterocycles. The van der Waals surface area contributed by atoms with Gasteiger partial charge >= 0.3 is 5.97 Å². The van der Waals surface area contributed by atoms with Crippen LogP contribution in [0.15, 0.2) is 41.6 Å². The number of phenols is 1. The second kappa shape index (κ2) is 11.2. The zero-order chi connectivity index (χ0) is 24.8. The normalized spacial score (nSPS) is 12.4. The third kappa shape index (κ3) is 6.70. The van der Waals surface area contributed by atoms with Gasteiger partial charge in [0.25, 0.3) is 0 Å². The number of rotatable bonds is 10. The van der Waals surface area contributed by atoms with E-state index in [1.165, 1.54) is 12.1 Å². The largest absolute Gasteiger partial charge is 0.507 e. The molecule has 7 nitrogen and oxygen atoms in total. The number of esters is 1. The first kappa shape index (κ1) is 26.2. The molecular weight excluding hydrogens is 420 g/mol. The molecule has 2 aromatic carbocycles. The van der Waals surface area contributed by atoms with Crippen molar-refractivity contribution in [1.82, 2.24) is 0 Å². The lowest BCUT2D eigenvalue weighted by atomic mass is 9.83. The number of aromatic hydroxyl groups is 1. The van der Waals surface area contributed by atoms with Crippen molar-refractivity contribution in [3.8, 4) is 11.5 Å². The lowest BCUT2D eigenvalue weighted by Gasteiger charge is -2.31. The maximum atomic E-state index is 12.0. The SMILES string of the molecule is CCN(CC)c1ccc(C(COc2ccc(C(=O)OC(C)C)c(O)c2)N=O)cc1C(C)(C)C. The summed E-state index contributed by atoms with van der Waals surface area (Å²) in [5.41, 5.74) is 3.00. The lowest BCUT2D eigenvalue weighted by Crippen LogP contribution is -2.26. The molecule has 180 valence electrons. The summed E-state index contributed by atoms with van der Waals surface area (Å²) < 4.78 is 10.9. The van der Waals surface area contributed by atoms with E-state index in [1.807, 2.05) is 18.2 Å². The minimum absolute atomic E-state index is 0.00687. The topological polar surface area (TPSA) is 88.4 Å². The van der Waals surface area contributed by atoms with Crippen LogP contribution >= 0.6 is 0 Å². The number of anilines is 1. The number of hydrogen-bond donors (Lipinski definition) is 1. The van der Waals surface area contributed by atoms with Crippen molar-refractivity contribution in [2.45, 2.75) is 66.0 Å². The van der Waals surface area contributed by atoms with Crippen molar-refractivity contribution in [3.63, 3.8) is 0 Å². The van der Waals surface area contributed by atoms with Crippen LogP contribution in [-0.2, 0) is 10.2 Å². The number of nitrogens with zero attached hydrogens (tertiary/aromatic N) is 2. The quantitative estimate of drug-likeness (QED) is 0.349. The van der Waals surface area contributed by atoms with Crippen molar-refractivity contribution in [2.75, 3.05) is 24.6 Å². The molecule has 33 heavy (non-hydrogen) atoms. The van der Waals surface area contributed by atoms with Gasteiger partial charge in [-0.05, 0) is 62.4 Å². The molecule has 0 amide bonds. The zero-order valence-electron chi connectivity index (χ0n) is 20.7. The molecule has 1 N–H and O–H groups in total. The minimum Gasteiger partial charge on any atom is -0.507 e. The Labute approximate surface area is 196 Å². The standard InChI is InChI=1S/C26H36N2O5/c1-8-28(9-2)23-13-10-18(14-21(23)26(5,6)7)22(27-31)16-32-19-11-12-20(24(29)15-19)25(30)33-17(3)4/h10-15,17,22,29H,8-9,16H2,1-7H3. The molecule has 0 radical (unpaired) electrons. The van der Waals surface area contributed by atoms with E-state index in [0.717, 1.165) is 29.9 Å². The molecule has 1 unspecified atom stereocenters. The number of benzene rings is 2. The van der Waals surface area contributed by atoms with Gasteiger partial charge in [0.05, 0.1) is 6.10 Å². The highest BCUT2D eigenvalue weighted by molar-refractivity contribution is 5.92. The summed E-state index contributed by atoms with van der Waals surface area (Å²) in [6, 6.07) is 9.61. The molecule has 0 spiro atoms. The summed E-state index contributed by atoms with van der Waals surface area (Å²) in [5, 5.41) is 13.5. The Morgan fingerprint density at radius 1 is 1.09 bits per heavy atom. The van der Waals surface area contributed by atoms with E-state index in [9.17, 15) is 14.8 Å². The summed E-state index contributed by atoms with van der Waals surface area (Å²) in [4.78, 5) is 26.0. The molecule has 0 aliphatic rings. The van der Waals surface area contributed by atoms with E-state index in [4.69, 9.17) is 9.47 Å². The molecule has 0 aliphatic carbocycles. The van der Waals surface area contributed by atoms with Crippen molar-refractivity contribution >= 4 is 11.7 Å². The Morgan fingerprint density at radius 3 is 2.27 bits per heavy atom. The minimum atomic E-state index is -0.718. The Morgan fingerprint density at radius 2 is 1.76 bits per heavy atom. The highest BCUT2D eigenvalue weighted by atomic mass is 16.5. The van der Waals surface area contributed by atoms with Gasteiger partial charge in [0.1, 0.15) is 23.7 Å². The number of carbonyl (C=O) groups excluding carboxylic acids is 1. The van der Waals surface area contributed by atoms with E-state index in [0.29, 0.717) is 5.75 Å². The first-order chi connectivity index (χ1) is 15.5. The summed E-state index contributed by atoms with van der Waals surface area (Å²) >= 11 is 0. The average Bonchev–Trinajstić information content (AvgIpc) is 2.74. The van der Waals surface area contributed by atoms with Crippen LogP contribution in [0.25, 0.3) is 0 Å². The highest BCUT2D eigenvalue weighted by Crippen LogP contribution is 2.35. The van der Waals surface area contributed by atoms with Crippen LogP contribution < -0.4 is 9.64 Å². The van der Waals surface area contributed by atoms with Crippen molar-refractivity contribution in [1.29, 1.82) is 0 Å². The summed E-state index contributed by atoms with van der Waals surface area (Å²) in [6.45, 7) is 15.9. The molecule has 0 saturated carbocycles. The maximum Gasteiger partial charge on any atom is 0.342 e. The Kier molecular flexibility index (Phi) is 8.85. The first-order valence-electron chi connectivity index (χ1n) is 11.4. The number of phenolic OH excluding ortho intramolecular Hbond substituents is 1. The first-order valence-corrected chi connectivity index (χ1v) is 11.4. The monoisotopic (exact) mass is 456 g/mol. The predicted octanol–water partition coefficient (Wildman–Crippen LogP) is 5.99. The van der Waals surface area contributed by atoms with Gasteiger partial charge < -0.3 is 19.5 Å². The fourth-order valence-corrected chi connectivity index (χ4v) is 3.62. The Balaban J connectivity index is 2.24. The molecule has 0 saturated heterocycles. The third-order valence-electron chi connectivity index (χ3n) is 5.38. The van der Waals surface area contributed by atoms with Gasteiger partial charge in [-0.15, -0.1) is 0 Å². The number of ether oxygens (including phenoxy) is 2. The zero-order valence-corrected chi connectivity index (χ0v) is 20.7. The molecule has 0 bridgehead atoms. The highest BCUT2D eigenvalue weighted by Gasteiger charge is 2.24. The fraction of sp³-hybridized carbons (Fsp3) is 0.500. The van der Waals surface area contributed by atoms with Gasteiger partial charge in [-0.2, -0.15) is 4.91 Å². The van der Waals surface area contributed by atoms with E-state index in [2.05, 4.69) is 44.7 Å². The fourth-order valence-electron chi connectivity index (χ4n) is 3.62. The van der Waals surface area contributed by atoms with Gasteiger partial charge in [0.15, 0.2) is 6.04 Å². The lowest BCUT2D eigenvalue weighted by molar-refractivity contribution is 0.0374. The van der Waals surface area contributed by atoms with Crippen molar-refractivity contribution in [2.24, 2.45) is 5.18 Å². The molecule has 2 rings (SSSR count). The van der Waals surface area contributed by atoms with Crippen LogP contribution in [0.4, 0.5) is 5.69 Å². The van der Waals surface area contributed by atoms with Crippen LogP contribution in [0.2, 0.25) is 0 Å². The predicted molar refractivity (Wildman–Crippen MR) is 131 cm³/mol. The average molecular weight is 457 g/mol. The van der Waals surface area contributed by atoms with Crippen LogP contribution in [0.3, 0.4) is 0 Å². The number of carbonyl (C=O) groups is 1. The molecule has 2 aromatic rings. The molecule has 1 atom stereocenters. The van der Waals surface area contributed by atoms with Gasteiger partial charge in [-0.1, -0.05) is 38.1 Å². The Hall–Kier alpha value is -3.09. The van der Waals surface area contributed by atoms with Crippen LogP contribution in [0.1, 0.15) is 76.0 Å². The van der Waals surface area contributed by atoms with E-state index < -0.39 is 12.0 Å². The van der Waals surface area contributed by atoms with Gasteiger partial charge in [0.2, 0.25) is 0 Å². The second-order valence-electron chi connectivity index (χ2n) is 9.26. The smallest absolute Gasteiger partial charge is 0.342 e. The van der Waals surface area contributed by atoms with Crippen LogP contribution in [0.5, 0.6) is 11.5 Å². The third-order valence-corrected chi connectivity index (χ3v) is 5.38.